The molecule has 1 unspecified atom stereocenters. The number of nitrogens with one attached hydrogen (secondary N) is 1. The normalized spacial score (nSPS) is 18.8. The number of fused-ring (bicyclic) bond motifs is 1. The Labute approximate surface area is 106 Å². The highest BCUT2D eigenvalue weighted by molar-refractivity contribution is 5.75. The average Bonchev–Trinajstić information content (AvgIpc) is 3.05. The van der Waals surface area contributed by atoms with Crippen molar-refractivity contribution in [2.75, 3.05) is 11.9 Å². The highest BCUT2D eigenvalue weighted by Crippen LogP contribution is 2.48. The molecule has 4 nitrogen and oxygen atoms in total. The molecule has 0 saturated heterocycles. The van der Waals surface area contributed by atoms with Crippen molar-refractivity contribution in [2.45, 2.75) is 32.7 Å². The number of oxazole rings is 1. The molecule has 1 aliphatic rings. The lowest BCUT2D eigenvalue weighted by atomic mass is 10.00. The van der Waals surface area contributed by atoms with E-state index in [9.17, 15) is 5.11 Å². The van der Waals surface area contributed by atoms with Gasteiger partial charge in [-0.2, -0.15) is 4.98 Å². The van der Waals surface area contributed by atoms with E-state index in [0.29, 0.717) is 6.01 Å². The van der Waals surface area contributed by atoms with Crippen LogP contribution < -0.4 is 5.32 Å². The van der Waals surface area contributed by atoms with Crippen LogP contribution in [0.2, 0.25) is 0 Å². The van der Waals surface area contributed by atoms with Gasteiger partial charge in [-0.3, -0.25) is 0 Å². The number of anilines is 1. The molecule has 0 aliphatic heterocycles. The largest absolute Gasteiger partial charge is 0.424 e. The first-order valence-corrected chi connectivity index (χ1v) is 6.38. The predicted molar refractivity (Wildman–Crippen MR) is 70.6 cm³/mol. The minimum Gasteiger partial charge on any atom is -0.424 e. The first-order chi connectivity index (χ1) is 8.63. The number of hydrogen-bond acceptors (Lipinski definition) is 4. The number of aliphatic hydroxyl groups is 1. The lowest BCUT2D eigenvalue weighted by Gasteiger charge is -2.21. The summed E-state index contributed by atoms with van der Waals surface area (Å²) in [6.45, 7) is 4.33. The number of aromatic nitrogens is 1. The maximum atomic E-state index is 9.39. The predicted octanol–water partition coefficient (Wildman–Crippen LogP) is 2.71. The summed E-state index contributed by atoms with van der Waals surface area (Å²) in [5.41, 5.74) is 2.86. The molecule has 2 N–H and O–H groups in total. The third kappa shape index (κ3) is 1.86. The van der Waals surface area contributed by atoms with Crippen molar-refractivity contribution in [1.82, 2.24) is 4.98 Å². The van der Waals surface area contributed by atoms with Crippen molar-refractivity contribution in [2.24, 2.45) is 5.41 Å². The van der Waals surface area contributed by atoms with E-state index in [4.69, 9.17) is 4.42 Å². The molecule has 0 amide bonds. The van der Waals surface area contributed by atoms with Crippen molar-refractivity contribution in [1.29, 1.82) is 0 Å². The van der Waals surface area contributed by atoms with E-state index < -0.39 is 0 Å². The molecular formula is C14H18N2O2. The van der Waals surface area contributed by atoms with Gasteiger partial charge in [0.05, 0.1) is 6.61 Å². The minimum absolute atomic E-state index is 0.0244. The highest BCUT2D eigenvalue weighted by atomic mass is 16.4. The van der Waals surface area contributed by atoms with E-state index in [1.165, 1.54) is 5.56 Å². The molecule has 3 rings (SSSR count). The van der Waals surface area contributed by atoms with Gasteiger partial charge in [-0.15, -0.1) is 0 Å². The fourth-order valence-corrected chi connectivity index (χ4v) is 2.33. The van der Waals surface area contributed by atoms with Crippen LogP contribution in [-0.2, 0) is 0 Å². The average molecular weight is 246 g/mol. The van der Waals surface area contributed by atoms with E-state index in [2.05, 4.69) is 17.2 Å². The molecule has 2 aromatic rings. The van der Waals surface area contributed by atoms with Crippen LogP contribution in [0.25, 0.3) is 11.1 Å². The van der Waals surface area contributed by atoms with Crippen molar-refractivity contribution in [3.8, 4) is 0 Å². The summed E-state index contributed by atoms with van der Waals surface area (Å²) in [4.78, 5) is 4.43. The van der Waals surface area contributed by atoms with Gasteiger partial charge in [0.15, 0.2) is 5.58 Å². The van der Waals surface area contributed by atoms with E-state index in [1.807, 2.05) is 25.1 Å². The van der Waals surface area contributed by atoms with Gasteiger partial charge in [0.1, 0.15) is 5.52 Å². The second kappa shape index (κ2) is 3.99. The van der Waals surface area contributed by atoms with Gasteiger partial charge in [0, 0.05) is 11.5 Å². The molecule has 1 heterocycles. The van der Waals surface area contributed by atoms with Crippen molar-refractivity contribution < 1.29 is 9.52 Å². The summed E-state index contributed by atoms with van der Waals surface area (Å²) in [6, 6.07) is 6.68. The third-order valence-electron chi connectivity index (χ3n) is 4.01. The standard InChI is InChI=1S/C14H18N2O2/c1-9-3-4-12-11(7-9)16-13(18-12)15-10(2)14(8-17)5-6-14/h3-4,7,10,17H,5-6,8H2,1-2H3,(H,15,16). The Bertz CT molecular complexity index is 572. The van der Waals surface area contributed by atoms with Gasteiger partial charge >= 0.3 is 0 Å². The molecule has 0 radical (unpaired) electrons. The van der Waals surface area contributed by atoms with Crippen molar-refractivity contribution in [3.63, 3.8) is 0 Å². The van der Waals surface area contributed by atoms with Gasteiger partial charge in [-0.25, -0.2) is 0 Å². The lowest BCUT2D eigenvalue weighted by Crippen LogP contribution is -2.30. The smallest absolute Gasteiger partial charge is 0.295 e. The molecule has 0 bridgehead atoms. The fourth-order valence-electron chi connectivity index (χ4n) is 2.33. The Kier molecular flexibility index (Phi) is 2.55. The molecule has 1 fully saturated rings. The number of aryl methyl sites for hydroxylation is 1. The van der Waals surface area contributed by atoms with Crippen LogP contribution in [-0.4, -0.2) is 22.7 Å². The van der Waals surface area contributed by atoms with Crippen LogP contribution in [0.5, 0.6) is 0 Å². The summed E-state index contributed by atoms with van der Waals surface area (Å²) in [7, 11) is 0. The van der Waals surface area contributed by atoms with Crippen LogP contribution in [0.1, 0.15) is 25.3 Å². The van der Waals surface area contributed by atoms with Gasteiger partial charge in [-0.1, -0.05) is 6.07 Å². The summed E-state index contributed by atoms with van der Waals surface area (Å²) >= 11 is 0. The molecular weight excluding hydrogens is 228 g/mol. The van der Waals surface area contributed by atoms with Crippen LogP contribution in [0, 0.1) is 12.3 Å². The number of benzene rings is 1. The Morgan fingerprint density at radius 3 is 2.94 bits per heavy atom. The second-order valence-corrected chi connectivity index (χ2v) is 5.38. The van der Waals surface area contributed by atoms with Gasteiger partial charge < -0.3 is 14.8 Å². The molecule has 1 aromatic carbocycles. The number of nitrogens with zero attached hydrogens (tertiary/aromatic N) is 1. The summed E-state index contributed by atoms with van der Waals surface area (Å²) in [5.74, 6) is 0. The Morgan fingerprint density at radius 1 is 1.50 bits per heavy atom. The Balaban J connectivity index is 1.82. The minimum atomic E-state index is 0.0244. The quantitative estimate of drug-likeness (QED) is 0.870. The zero-order chi connectivity index (χ0) is 12.8. The van der Waals surface area contributed by atoms with E-state index in [-0.39, 0.29) is 18.1 Å². The molecule has 1 atom stereocenters. The lowest BCUT2D eigenvalue weighted by molar-refractivity contribution is 0.197. The second-order valence-electron chi connectivity index (χ2n) is 5.38. The van der Waals surface area contributed by atoms with Crippen LogP contribution in [0.15, 0.2) is 22.6 Å². The third-order valence-corrected chi connectivity index (χ3v) is 4.01. The van der Waals surface area contributed by atoms with Gasteiger partial charge in [0.2, 0.25) is 0 Å². The first-order valence-electron chi connectivity index (χ1n) is 6.38. The highest BCUT2D eigenvalue weighted by Gasteiger charge is 2.47. The van der Waals surface area contributed by atoms with E-state index in [0.717, 1.165) is 23.9 Å². The molecule has 1 aromatic heterocycles. The Morgan fingerprint density at radius 2 is 2.28 bits per heavy atom. The molecule has 4 heteroatoms. The van der Waals surface area contributed by atoms with Crippen molar-refractivity contribution in [3.05, 3.63) is 23.8 Å². The Hall–Kier alpha value is -1.55. The monoisotopic (exact) mass is 246 g/mol. The van der Waals surface area contributed by atoms with Crippen LogP contribution >= 0.6 is 0 Å². The van der Waals surface area contributed by atoms with E-state index >= 15 is 0 Å². The SMILES string of the molecule is Cc1ccc2oc(NC(C)C3(CO)CC3)nc2c1. The number of rotatable bonds is 4. The number of aliphatic hydroxyl groups excluding tert-OH is 1. The van der Waals surface area contributed by atoms with Gasteiger partial charge in [0.25, 0.3) is 6.01 Å². The summed E-state index contributed by atoms with van der Waals surface area (Å²) in [5, 5.41) is 12.7. The first kappa shape index (κ1) is 11.5. The van der Waals surface area contributed by atoms with Crippen LogP contribution in [0.3, 0.4) is 0 Å². The zero-order valence-corrected chi connectivity index (χ0v) is 10.7. The number of hydrogen-bond donors (Lipinski definition) is 2. The molecule has 96 valence electrons. The maximum Gasteiger partial charge on any atom is 0.295 e. The zero-order valence-electron chi connectivity index (χ0n) is 10.7. The molecule has 1 saturated carbocycles. The fraction of sp³-hybridized carbons (Fsp3) is 0.500. The van der Waals surface area contributed by atoms with E-state index in [1.54, 1.807) is 0 Å². The van der Waals surface area contributed by atoms with Crippen LogP contribution in [0.4, 0.5) is 6.01 Å². The topological polar surface area (TPSA) is 58.3 Å². The summed E-state index contributed by atoms with van der Waals surface area (Å²) in [6.07, 6.45) is 2.13. The van der Waals surface area contributed by atoms with Crippen molar-refractivity contribution >= 4 is 17.1 Å². The molecule has 18 heavy (non-hydrogen) atoms. The van der Waals surface area contributed by atoms with Gasteiger partial charge in [-0.05, 0) is 44.4 Å². The molecule has 1 aliphatic carbocycles. The summed E-state index contributed by atoms with van der Waals surface area (Å²) < 4.78 is 5.66. The molecule has 0 spiro atoms. The maximum absolute atomic E-state index is 9.39.